The van der Waals surface area contributed by atoms with Gasteiger partial charge < -0.3 is 5.11 Å². The van der Waals surface area contributed by atoms with Crippen LogP contribution in [0.3, 0.4) is 0 Å². The Bertz CT molecular complexity index is 417. The highest BCUT2D eigenvalue weighted by molar-refractivity contribution is 7.86. The highest BCUT2D eigenvalue weighted by Gasteiger charge is 2.40. The minimum Gasteiger partial charge on any atom is -0.395 e. The summed E-state index contributed by atoms with van der Waals surface area (Å²) in [5.41, 5.74) is 0. The van der Waals surface area contributed by atoms with E-state index in [0.717, 1.165) is 19.3 Å². The van der Waals surface area contributed by atoms with Gasteiger partial charge in [0.15, 0.2) is 0 Å². The topological polar surface area (TPSA) is 64.1 Å². The number of likely N-dealkylation sites (N-methyl/N-ethyl adjacent to an activating group) is 1. The molecule has 0 aromatic heterocycles. The fourth-order valence-electron chi connectivity index (χ4n) is 3.15. The lowest BCUT2D eigenvalue weighted by molar-refractivity contribution is 0.0924. The number of nitrogens with zero attached hydrogens (tertiary/aromatic N) is 3. The van der Waals surface area contributed by atoms with E-state index in [9.17, 15) is 13.5 Å². The average molecular weight is 305 g/mol. The highest BCUT2D eigenvalue weighted by atomic mass is 32.2. The molecule has 2 fully saturated rings. The van der Waals surface area contributed by atoms with E-state index >= 15 is 0 Å². The Kier molecular flexibility index (Phi) is 5.07. The Hall–Kier alpha value is -0.210. The van der Waals surface area contributed by atoms with E-state index in [1.54, 1.807) is 4.31 Å². The van der Waals surface area contributed by atoms with Crippen molar-refractivity contribution in [3.8, 4) is 0 Å². The highest BCUT2D eigenvalue weighted by Crippen LogP contribution is 2.25. The summed E-state index contributed by atoms with van der Waals surface area (Å²) < 4.78 is 28.8. The van der Waals surface area contributed by atoms with Crippen LogP contribution in [0, 0.1) is 0 Å². The summed E-state index contributed by atoms with van der Waals surface area (Å²) in [6, 6.07) is 0.177. The van der Waals surface area contributed by atoms with Crippen LogP contribution >= 0.6 is 0 Å². The maximum Gasteiger partial charge on any atom is 0.282 e. The van der Waals surface area contributed by atoms with E-state index in [1.165, 1.54) is 4.31 Å². The van der Waals surface area contributed by atoms with Gasteiger partial charge in [-0.3, -0.25) is 4.90 Å². The lowest BCUT2D eigenvalue weighted by Gasteiger charge is -2.44. The first kappa shape index (κ1) is 16.2. The number of aliphatic hydroxyl groups is 1. The van der Waals surface area contributed by atoms with Crippen LogP contribution in [-0.4, -0.2) is 78.4 Å². The third-order valence-corrected chi connectivity index (χ3v) is 6.76. The lowest BCUT2D eigenvalue weighted by Crippen LogP contribution is -2.60. The number of piperidine rings is 1. The molecule has 3 unspecified atom stereocenters. The van der Waals surface area contributed by atoms with Crippen LogP contribution in [0.4, 0.5) is 0 Å². The normalized spacial score (nSPS) is 35.3. The summed E-state index contributed by atoms with van der Waals surface area (Å²) >= 11 is 0. The zero-order valence-corrected chi connectivity index (χ0v) is 13.5. The van der Waals surface area contributed by atoms with Gasteiger partial charge in [-0.15, -0.1) is 0 Å². The van der Waals surface area contributed by atoms with Crippen molar-refractivity contribution in [2.75, 3.05) is 33.3 Å². The van der Waals surface area contributed by atoms with Crippen LogP contribution in [0.5, 0.6) is 0 Å². The zero-order chi connectivity index (χ0) is 14.9. The first-order valence-corrected chi connectivity index (χ1v) is 8.87. The Balaban J connectivity index is 2.17. The molecule has 3 atom stereocenters. The van der Waals surface area contributed by atoms with Gasteiger partial charge in [0.2, 0.25) is 0 Å². The van der Waals surface area contributed by atoms with Gasteiger partial charge in [-0.25, -0.2) is 0 Å². The molecule has 0 amide bonds. The van der Waals surface area contributed by atoms with Crippen LogP contribution in [-0.2, 0) is 10.2 Å². The molecule has 2 heterocycles. The Morgan fingerprint density at radius 2 is 1.75 bits per heavy atom. The minimum atomic E-state index is -3.46. The van der Waals surface area contributed by atoms with E-state index in [2.05, 4.69) is 18.7 Å². The molecular formula is C13H27N3O3S. The van der Waals surface area contributed by atoms with E-state index in [4.69, 9.17) is 0 Å². The molecule has 2 aliphatic heterocycles. The summed E-state index contributed by atoms with van der Waals surface area (Å²) in [5, 5.41) is 9.44. The molecule has 118 valence electrons. The van der Waals surface area contributed by atoms with Crippen molar-refractivity contribution < 1.29 is 13.5 Å². The molecule has 0 spiro atoms. The second-order valence-corrected chi connectivity index (χ2v) is 8.01. The molecule has 2 aliphatic rings. The van der Waals surface area contributed by atoms with E-state index in [-0.39, 0.29) is 24.7 Å². The number of rotatable bonds is 3. The monoisotopic (exact) mass is 305 g/mol. The van der Waals surface area contributed by atoms with Gasteiger partial charge >= 0.3 is 0 Å². The molecule has 2 saturated heterocycles. The van der Waals surface area contributed by atoms with Gasteiger partial charge in [-0.05, 0) is 33.7 Å². The van der Waals surface area contributed by atoms with Crippen LogP contribution in [0.25, 0.3) is 0 Å². The Labute approximate surface area is 122 Å². The molecule has 1 N–H and O–H groups in total. The standard InChI is InChI=1S/C13H27N3O3S/c1-11-8-15(9-12(2)14(11)3)20(18,19)16-7-5-4-6-13(16)10-17/h11-13,17H,4-10H2,1-3H3. The summed E-state index contributed by atoms with van der Waals surface area (Å²) in [4.78, 5) is 2.21. The van der Waals surface area contributed by atoms with Crippen molar-refractivity contribution in [1.29, 1.82) is 0 Å². The first-order valence-electron chi connectivity index (χ1n) is 7.47. The Morgan fingerprint density at radius 3 is 2.30 bits per heavy atom. The maximum atomic E-state index is 12.8. The van der Waals surface area contributed by atoms with Crippen molar-refractivity contribution in [2.45, 2.75) is 51.2 Å². The molecule has 0 aliphatic carbocycles. The molecule has 0 bridgehead atoms. The molecule has 7 heteroatoms. The summed E-state index contributed by atoms with van der Waals surface area (Å²) in [7, 11) is -1.42. The smallest absolute Gasteiger partial charge is 0.282 e. The average Bonchev–Trinajstić information content (AvgIpc) is 2.44. The number of hydrogen-bond acceptors (Lipinski definition) is 4. The lowest BCUT2D eigenvalue weighted by atomic mass is 10.1. The predicted octanol–water partition coefficient (Wildman–Crippen LogP) is 0.102. The third-order valence-electron chi connectivity index (χ3n) is 4.73. The molecule has 0 saturated carbocycles. The van der Waals surface area contributed by atoms with Crippen molar-refractivity contribution in [1.82, 2.24) is 13.5 Å². The second-order valence-electron chi connectivity index (χ2n) is 6.13. The van der Waals surface area contributed by atoms with Gasteiger partial charge in [-0.2, -0.15) is 17.0 Å². The molecule has 6 nitrogen and oxygen atoms in total. The van der Waals surface area contributed by atoms with Crippen LogP contribution in [0.2, 0.25) is 0 Å². The summed E-state index contributed by atoms with van der Waals surface area (Å²) in [5.74, 6) is 0. The van der Waals surface area contributed by atoms with Crippen LogP contribution in [0.15, 0.2) is 0 Å². The van der Waals surface area contributed by atoms with Gasteiger partial charge in [0.1, 0.15) is 0 Å². The van der Waals surface area contributed by atoms with Crippen LogP contribution in [0.1, 0.15) is 33.1 Å². The van der Waals surface area contributed by atoms with Gasteiger partial charge in [0, 0.05) is 37.8 Å². The summed E-state index contributed by atoms with van der Waals surface area (Å²) in [6.45, 7) is 5.60. The molecule has 0 aromatic rings. The van der Waals surface area contributed by atoms with Crippen LogP contribution < -0.4 is 0 Å². The van der Waals surface area contributed by atoms with E-state index < -0.39 is 10.2 Å². The third kappa shape index (κ3) is 3.01. The molecular weight excluding hydrogens is 278 g/mol. The van der Waals surface area contributed by atoms with Gasteiger partial charge in [-0.1, -0.05) is 6.42 Å². The number of aliphatic hydroxyl groups excluding tert-OH is 1. The molecule has 0 radical (unpaired) electrons. The Morgan fingerprint density at radius 1 is 1.15 bits per heavy atom. The molecule has 2 rings (SSSR count). The second kappa shape index (κ2) is 6.27. The van der Waals surface area contributed by atoms with Crippen molar-refractivity contribution in [2.24, 2.45) is 0 Å². The van der Waals surface area contributed by atoms with Gasteiger partial charge in [0.25, 0.3) is 10.2 Å². The summed E-state index contributed by atoms with van der Waals surface area (Å²) in [6.07, 6.45) is 2.63. The predicted molar refractivity (Wildman–Crippen MR) is 78.6 cm³/mol. The molecule has 0 aromatic carbocycles. The first-order chi connectivity index (χ1) is 9.37. The van der Waals surface area contributed by atoms with Crippen molar-refractivity contribution in [3.05, 3.63) is 0 Å². The molecule has 20 heavy (non-hydrogen) atoms. The van der Waals surface area contributed by atoms with Crippen molar-refractivity contribution in [3.63, 3.8) is 0 Å². The number of piperazine rings is 1. The quantitative estimate of drug-likeness (QED) is 0.803. The largest absolute Gasteiger partial charge is 0.395 e. The fourth-order valence-corrected chi connectivity index (χ4v) is 5.17. The fraction of sp³-hybridized carbons (Fsp3) is 1.00. The van der Waals surface area contributed by atoms with E-state index in [0.29, 0.717) is 19.6 Å². The zero-order valence-electron chi connectivity index (χ0n) is 12.7. The maximum absolute atomic E-state index is 12.8. The van der Waals surface area contributed by atoms with Crippen molar-refractivity contribution >= 4 is 10.2 Å². The SMILES string of the molecule is CC1CN(S(=O)(=O)N2CCCCC2CO)CC(C)N1C. The van der Waals surface area contributed by atoms with Gasteiger partial charge in [0.05, 0.1) is 6.61 Å². The van der Waals surface area contributed by atoms with E-state index in [1.807, 2.05) is 7.05 Å². The minimum absolute atomic E-state index is 0.0852. The number of hydrogen-bond donors (Lipinski definition) is 1.